The van der Waals surface area contributed by atoms with Crippen LogP contribution in [0.2, 0.25) is 0 Å². The first-order chi connectivity index (χ1) is 12.4. The van der Waals surface area contributed by atoms with Gasteiger partial charge in [0, 0.05) is 9.13 Å². The predicted octanol–water partition coefficient (Wildman–Crippen LogP) is 3.03. The largest absolute Gasteiger partial charge is 0.335 e. The monoisotopic (exact) mass is 462 g/mol. The molecule has 0 aromatic heterocycles. The SMILES string of the molecule is CC(c1ccccc1)N1C(=O)C(=O)N(CC(=O)c2ccc(I)cc2)C1=O. The van der Waals surface area contributed by atoms with E-state index >= 15 is 0 Å². The highest BCUT2D eigenvalue weighted by atomic mass is 127. The van der Waals surface area contributed by atoms with Crippen LogP contribution in [0.5, 0.6) is 0 Å². The van der Waals surface area contributed by atoms with Crippen LogP contribution in [0.1, 0.15) is 28.9 Å². The molecule has 1 heterocycles. The van der Waals surface area contributed by atoms with Crippen molar-refractivity contribution in [3.05, 3.63) is 69.3 Å². The molecular weight excluding hydrogens is 447 g/mol. The van der Waals surface area contributed by atoms with E-state index in [1.54, 1.807) is 55.5 Å². The maximum Gasteiger partial charge on any atom is 0.335 e. The van der Waals surface area contributed by atoms with E-state index in [1.807, 2.05) is 6.07 Å². The first-order valence-electron chi connectivity index (χ1n) is 7.93. The van der Waals surface area contributed by atoms with Crippen LogP contribution in [-0.2, 0) is 9.59 Å². The molecule has 1 fully saturated rings. The molecular formula is C19H15IN2O4. The Bertz CT molecular complexity index is 880. The van der Waals surface area contributed by atoms with Crippen LogP contribution in [0.4, 0.5) is 4.79 Å². The molecule has 6 nitrogen and oxygen atoms in total. The van der Waals surface area contributed by atoms with Gasteiger partial charge in [-0.2, -0.15) is 0 Å². The number of nitrogens with zero attached hydrogens (tertiary/aromatic N) is 2. The van der Waals surface area contributed by atoms with Crippen LogP contribution >= 0.6 is 22.6 Å². The second kappa shape index (κ2) is 7.36. The third kappa shape index (κ3) is 3.39. The molecule has 1 aliphatic rings. The molecule has 7 heteroatoms. The lowest BCUT2D eigenvalue weighted by Gasteiger charge is -2.22. The minimum absolute atomic E-state index is 0.382. The average molecular weight is 462 g/mol. The highest BCUT2D eigenvalue weighted by Gasteiger charge is 2.47. The zero-order chi connectivity index (χ0) is 18.8. The Morgan fingerprint density at radius 3 is 2.19 bits per heavy atom. The van der Waals surface area contributed by atoms with Crippen LogP contribution in [-0.4, -0.2) is 40.0 Å². The molecule has 4 amide bonds. The molecule has 0 aliphatic carbocycles. The van der Waals surface area contributed by atoms with E-state index in [-0.39, 0.29) is 0 Å². The molecule has 2 aromatic carbocycles. The van der Waals surface area contributed by atoms with Crippen molar-refractivity contribution < 1.29 is 19.2 Å². The van der Waals surface area contributed by atoms with Crippen molar-refractivity contribution in [2.45, 2.75) is 13.0 Å². The van der Waals surface area contributed by atoms with E-state index in [1.165, 1.54) is 0 Å². The third-order valence-electron chi connectivity index (χ3n) is 4.22. The van der Waals surface area contributed by atoms with E-state index in [0.29, 0.717) is 10.5 Å². The molecule has 132 valence electrons. The standard InChI is InChI=1S/C19H15IN2O4/c1-12(13-5-3-2-4-6-13)22-18(25)17(24)21(19(22)26)11-16(23)14-7-9-15(20)10-8-14/h2-10,12H,11H2,1H3. The number of benzene rings is 2. The molecule has 3 rings (SSSR count). The summed E-state index contributed by atoms with van der Waals surface area (Å²) in [6, 6.07) is 14.3. The van der Waals surface area contributed by atoms with Crippen LogP contribution in [0.25, 0.3) is 0 Å². The van der Waals surface area contributed by atoms with Gasteiger partial charge in [-0.25, -0.2) is 14.6 Å². The fraction of sp³-hybridized carbons (Fsp3) is 0.158. The summed E-state index contributed by atoms with van der Waals surface area (Å²) in [4.78, 5) is 51.2. The smallest absolute Gasteiger partial charge is 0.292 e. The molecule has 0 spiro atoms. The number of urea groups is 1. The molecule has 0 N–H and O–H groups in total. The van der Waals surface area contributed by atoms with Crippen molar-refractivity contribution in [2.75, 3.05) is 6.54 Å². The zero-order valence-corrected chi connectivity index (χ0v) is 16.0. The highest BCUT2D eigenvalue weighted by Crippen LogP contribution is 2.26. The van der Waals surface area contributed by atoms with Crippen molar-refractivity contribution in [3.63, 3.8) is 0 Å². The average Bonchev–Trinajstić information content (AvgIpc) is 2.86. The topological polar surface area (TPSA) is 74.8 Å². The van der Waals surface area contributed by atoms with Crippen LogP contribution < -0.4 is 0 Å². The molecule has 1 aliphatic heterocycles. The second-order valence-corrected chi connectivity index (χ2v) is 7.11. The summed E-state index contributed by atoms with van der Waals surface area (Å²) in [6.45, 7) is 1.21. The lowest BCUT2D eigenvalue weighted by molar-refractivity contribution is -0.143. The number of imide groups is 2. The van der Waals surface area contributed by atoms with Gasteiger partial charge >= 0.3 is 17.8 Å². The number of hydrogen-bond acceptors (Lipinski definition) is 4. The van der Waals surface area contributed by atoms with Gasteiger partial charge in [-0.1, -0.05) is 42.5 Å². The fourth-order valence-electron chi connectivity index (χ4n) is 2.75. The lowest BCUT2D eigenvalue weighted by Crippen LogP contribution is -2.37. The van der Waals surface area contributed by atoms with E-state index in [0.717, 1.165) is 14.0 Å². The van der Waals surface area contributed by atoms with Gasteiger partial charge in [0.1, 0.15) is 0 Å². The second-order valence-electron chi connectivity index (χ2n) is 5.87. The summed E-state index contributed by atoms with van der Waals surface area (Å²) in [5, 5.41) is 0. The van der Waals surface area contributed by atoms with Crippen LogP contribution in [0.3, 0.4) is 0 Å². The number of amides is 4. The Hall–Kier alpha value is -2.55. The maximum absolute atomic E-state index is 12.6. The number of carbonyl (C=O) groups excluding carboxylic acids is 4. The maximum atomic E-state index is 12.6. The first kappa shape index (κ1) is 18.2. The highest BCUT2D eigenvalue weighted by molar-refractivity contribution is 14.1. The summed E-state index contributed by atoms with van der Waals surface area (Å²) in [7, 11) is 0. The van der Waals surface area contributed by atoms with Gasteiger partial charge in [0.25, 0.3) is 0 Å². The predicted molar refractivity (Wildman–Crippen MR) is 102 cm³/mol. The number of rotatable bonds is 5. The summed E-state index contributed by atoms with van der Waals surface area (Å²) in [5.41, 5.74) is 1.11. The quantitative estimate of drug-likeness (QED) is 0.297. The van der Waals surface area contributed by atoms with Gasteiger partial charge in [0.15, 0.2) is 5.78 Å². The Labute approximate surface area is 163 Å². The van der Waals surface area contributed by atoms with E-state index < -0.39 is 36.2 Å². The van der Waals surface area contributed by atoms with Gasteiger partial charge in [0.2, 0.25) is 0 Å². The van der Waals surface area contributed by atoms with Crippen LogP contribution in [0.15, 0.2) is 54.6 Å². The van der Waals surface area contributed by atoms with Crippen LogP contribution in [0, 0.1) is 3.57 Å². The molecule has 1 saturated heterocycles. The molecule has 2 aromatic rings. The minimum atomic E-state index is -0.975. The molecule has 0 radical (unpaired) electrons. The number of hydrogen-bond donors (Lipinski definition) is 0. The van der Waals surface area contributed by atoms with E-state index in [9.17, 15) is 19.2 Å². The first-order valence-corrected chi connectivity index (χ1v) is 9.00. The summed E-state index contributed by atoms with van der Waals surface area (Å²) < 4.78 is 0.963. The third-order valence-corrected chi connectivity index (χ3v) is 4.94. The fourth-order valence-corrected chi connectivity index (χ4v) is 3.11. The zero-order valence-electron chi connectivity index (χ0n) is 13.9. The molecule has 1 unspecified atom stereocenters. The minimum Gasteiger partial charge on any atom is -0.292 e. The van der Waals surface area contributed by atoms with Crippen molar-refractivity contribution in [2.24, 2.45) is 0 Å². The Kier molecular flexibility index (Phi) is 5.17. The Morgan fingerprint density at radius 1 is 0.962 bits per heavy atom. The molecule has 0 saturated carbocycles. The van der Waals surface area contributed by atoms with Crippen molar-refractivity contribution in [3.8, 4) is 0 Å². The number of Topliss-reactive ketones (excluding diaryl/α,β-unsaturated/α-hetero) is 1. The number of carbonyl (C=O) groups is 4. The summed E-state index contributed by atoms with van der Waals surface area (Å²) in [6.07, 6.45) is 0. The molecule has 26 heavy (non-hydrogen) atoms. The summed E-state index contributed by atoms with van der Waals surface area (Å²) in [5.74, 6) is -2.29. The van der Waals surface area contributed by atoms with Gasteiger partial charge in [0.05, 0.1) is 12.6 Å². The molecule has 1 atom stereocenters. The van der Waals surface area contributed by atoms with Crippen molar-refractivity contribution >= 4 is 46.2 Å². The number of ketones is 1. The van der Waals surface area contributed by atoms with E-state index in [4.69, 9.17) is 0 Å². The lowest BCUT2D eigenvalue weighted by atomic mass is 10.1. The Morgan fingerprint density at radius 2 is 1.58 bits per heavy atom. The van der Waals surface area contributed by atoms with Crippen molar-refractivity contribution in [1.82, 2.24) is 9.80 Å². The van der Waals surface area contributed by atoms with E-state index in [2.05, 4.69) is 22.6 Å². The van der Waals surface area contributed by atoms with Gasteiger partial charge in [-0.05, 0) is 47.2 Å². The molecule has 0 bridgehead atoms. The van der Waals surface area contributed by atoms with Gasteiger partial charge in [-0.3, -0.25) is 14.4 Å². The van der Waals surface area contributed by atoms with Gasteiger partial charge in [-0.15, -0.1) is 0 Å². The normalized spacial score (nSPS) is 15.5. The summed E-state index contributed by atoms with van der Waals surface area (Å²) >= 11 is 2.11. The van der Waals surface area contributed by atoms with Gasteiger partial charge < -0.3 is 0 Å². The Balaban J connectivity index is 1.80. The van der Waals surface area contributed by atoms with Crippen molar-refractivity contribution in [1.29, 1.82) is 0 Å². The number of halogens is 1.